The molecule has 2 rings (SSSR count). The number of halogens is 1. The Morgan fingerprint density at radius 3 is 2.56 bits per heavy atom. The van der Waals surface area contributed by atoms with E-state index in [0.717, 1.165) is 19.3 Å². The van der Waals surface area contributed by atoms with Gasteiger partial charge in [0.05, 0.1) is 11.7 Å². The third-order valence-electron chi connectivity index (χ3n) is 6.06. The number of aliphatic hydroxyl groups is 1. The van der Waals surface area contributed by atoms with Gasteiger partial charge in [-0.2, -0.15) is 5.26 Å². The first kappa shape index (κ1) is 21.5. The number of rotatable bonds is 7. The summed E-state index contributed by atoms with van der Waals surface area (Å²) in [6, 6.07) is 8.32. The van der Waals surface area contributed by atoms with Crippen LogP contribution < -0.4 is 0 Å². The van der Waals surface area contributed by atoms with E-state index >= 15 is 0 Å². The van der Waals surface area contributed by atoms with Crippen molar-refractivity contribution in [3.05, 3.63) is 35.6 Å². The van der Waals surface area contributed by atoms with Crippen LogP contribution in [0.4, 0.5) is 4.39 Å². The number of carbonyl (C=O) groups excluding carboxylic acids is 1. The fourth-order valence-electron chi connectivity index (χ4n) is 4.54. The van der Waals surface area contributed by atoms with E-state index in [1.807, 2.05) is 21.0 Å². The van der Waals surface area contributed by atoms with E-state index in [-0.39, 0.29) is 29.5 Å². The number of nitriles is 1. The second-order valence-corrected chi connectivity index (χ2v) is 8.27. The van der Waals surface area contributed by atoms with Crippen LogP contribution in [0.5, 0.6) is 0 Å². The number of hydrogen-bond acceptors (Lipinski definition) is 4. The minimum absolute atomic E-state index is 0.0282. The van der Waals surface area contributed by atoms with E-state index in [1.54, 1.807) is 12.1 Å². The van der Waals surface area contributed by atoms with Crippen molar-refractivity contribution in [3.63, 3.8) is 0 Å². The SMILES string of the molecule is CC1CC(C#N)CCC(C(O)(CCCN(C)C)c2ccc(F)cc2)C1C=O. The van der Waals surface area contributed by atoms with Crippen LogP contribution in [0.2, 0.25) is 0 Å². The molecule has 0 saturated heterocycles. The van der Waals surface area contributed by atoms with Crippen LogP contribution in [-0.4, -0.2) is 36.9 Å². The molecule has 1 aromatic rings. The van der Waals surface area contributed by atoms with E-state index in [0.29, 0.717) is 31.2 Å². The Labute approximate surface area is 162 Å². The Morgan fingerprint density at radius 2 is 2.00 bits per heavy atom. The van der Waals surface area contributed by atoms with Gasteiger partial charge in [0.25, 0.3) is 0 Å². The first-order chi connectivity index (χ1) is 12.8. The zero-order chi connectivity index (χ0) is 20.0. The molecule has 27 heavy (non-hydrogen) atoms. The standard InChI is InChI=1S/C22H31FN2O2/c1-16-13-17(14-24)5-10-21(20(16)15-26)22(27,11-4-12-25(2)3)18-6-8-19(23)9-7-18/h6-9,15-17,20-21,27H,4-5,10-13H2,1-3H3. The molecule has 0 bridgehead atoms. The maximum atomic E-state index is 13.5. The van der Waals surface area contributed by atoms with Crippen LogP contribution >= 0.6 is 0 Å². The predicted molar refractivity (Wildman–Crippen MR) is 103 cm³/mol. The summed E-state index contributed by atoms with van der Waals surface area (Å²) in [6.07, 6.45) is 4.17. The fourth-order valence-corrected chi connectivity index (χ4v) is 4.54. The molecular formula is C22H31FN2O2. The number of hydrogen-bond donors (Lipinski definition) is 1. The molecule has 5 unspecified atom stereocenters. The van der Waals surface area contributed by atoms with Gasteiger partial charge in [-0.3, -0.25) is 0 Å². The average Bonchev–Trinajstić information content (AvgIpc) is 2.80. The van der Waals surface area contributed by atoms with Gasteiger partial charge in [0.1, 0.15) is 12.1 Å². The lowest BCUT2D eigenvalue weighted by molar-refractivity contribution is -0.122. The van der Waals surface area contributed by atoms with Gasteiger partial charge in [-0.05, 0) is 76.4 Å². The Balaban J connectivity index is 2.41. The van der Waals surface area contributed by atoms with Gasteiger partial charge < -0.3 is 14.8 Å². The maximum Gasteiger partial charge on any atom is 0.123 e. The molecule has 148 valence electrons. The van der Waals surface area contributed by atoms with Gasteiger partial charge in [-0.25, -0.2) is 4.39 Å². The molecule has 0 aliphatic heterocycles. The van der Waals surface area contributed by atoms with Gasteiger partial charge in [0.2, 0.25) is 0 Å². The van der Waals surface area contributed by atoms with Crippen LogP contribution in [-0.2, 0) is 10.4 Å². The molecule has 0 aromatic heterocycles. The maximum absolute atomic E-state index is 13.5. The quantitative estimate of drug-likeness (QED) is 0.583. The van der Waals surface area contributed by atoms with Crippen molar-refractivity contribution in [3.8, 4) is 6.07 Å². The molecule has 1 fully saturated rings. The normalized spacial score (nSPS) is 28.2. The first-order valence-electron chi connectivity index (χ1n) is 9.80. The Bertz CT molecular complexity index is 655. The molecular weight excluding hydrogens is 343 g/mol. The molecule has 5 heteroatoms. The van der Waals surface area contributed by atoms with Crippen LogP contribution in [0.15, 0.2) is 24.3 Å². The average molecular weight is 374 g/mol. The van der Waals surface area contributed by atoms with Gasteiger partial charge in [-0.1, -0.05) is 19.1 Å². The van der Waals surface area contributed by atoms with Crippen molar-refractivity contribution in [1.82, 2.24) is 4.90 Å². The van der Waals surface area contributed by atoms with Crippen molar-refractivity contribution in [1.29, 1.82) is 5.26 Å². The van der Waals surface area contributed by atoms with Gasteiger partial charge in [-0.15, -0.1) is 0 Å². The Morgan fingerprint density at radius 1 is 1.33 bits per heavy atom. The van der Waals surface area contributed by atoms with Gasteiger partial charge in [0, 0.05) is 17.8 Å². The summed E-state index contributed by atoms with van der Waals surface area (Å²) in [5, 5.41) is 21.2. The molecule has 0 heterocycles. The zero-order valence-electron chi connectivity index (χ0n) is 16.6. The lowest BCUT2D eigenvalue weighted by Crippen LogP contribution is -2.42. The summed E-state index contributed by atoms with van der Waals surface area (Å²) in [5.41, 5.74) is -0.560. The van der Waals surface area contributed by atoms with Crippen LogP contribution in [0.3, 0.4) is 0 Å². The highest BCUT2D eigenvalue weighted by molar-refractivity contribution is 5.55. The monoisotopic (exact) mass is 374 g/mol. The van der Waals surface area contributed by atoms with Gasteiger partial charge >= 0.3 is 0 Å². The Hall–Kier alpha value is -1.77. The second-order valence-electron chi connectivity index (χ2n) is 8.27. The zero-order valence-corrected chi connectivity index (χ0v) is 16.6. The summed E-state index contributed by atoms with van der Waals surface area (Å²) in [5.74, 6) is -1.01. The predicted octanol–water partition coefficient (Wildman–Crippen LogP) is 3.75. The fraction of sp³-hybridized carbons (Fsp3) is 0.636. The smallest absolute Gasteiger partial charge is 0.123 e. The topological polar surface area (TPSA) is 64.3 Å². The van der Waals surface area contributed by atoms with Crippen molar-refractivity contribution in [2.24, 2.45) is 23.7 Å². The molecule has 1 saturated carbocycles. The molecule has 0 amide bonds. The van der Waals surface area contributed by atoms with Crippen molar-refractivity contribution in [2.75, 3.05) is 20.6 Å². The van der Waals surface area contributed by atoms with E-state index in [9.17, 15) is 19.6 Å². The van der Waals surface area contributed by atoms with Crippen LogP contribution in [0.25, 0.3) is 0 Å². The largest absolute Gasteiger partial charge is 0.385 e. The Kier molecular flexibility index (Phi) is 7.52. The third-order valence-corrected chi connectivity index (χ3v) is 6.06. The third kappa shape index (κ3) is 5.15. The molecule has 1 aliphatic carbocycles. The minimum atomic E-state index is -1.21. The summed E-state index contributed by atoms with van der Waals surface area (Å²) in [4.78, 5) is 14.0. The number of benzene rings is 1. The van der Waals surface area contributed by atoms with Crippen LogP contribution in [0, 0.1) is 40.8 Å². The highest BCUT2D eigenvalue weighted by Gasteiger charge is 2.45. The lowest BCUT2D eigenvalue weighted by Gasteiger charge is -2.41. The van der Waals surface area contributed by atoms with Crippen molar-refractivity contribution in [2.45, 2.75) is 44.6 Å². The first-order valence-corrected chi connectivity index (χ1v) is 9.80. The number of aldehydes is 1. The highest BCUT2D eigenvalue weighted by Crippen LogP contribution is 2.46. The van der Waals surface area contributed by atoms with Crippen LogP contribution in [0.1, 0.15) is 44.6 Å². The molecule has 1 aromatic carbocycles. The molecule has 0 radical (unpaired) electrons. The lowest BCUT2D eigenvalue weighted by atomic mass is 9.68. The summed E-state index contributed by atoms with van der Waals surface area (Å²) < 4.78 is 13.5. The summed E-state index contributed by atoms with van der Waals surface area (Å²) in [7, 11) is 3.97. The second kappa shape index (κ2) is 9.43. The van der Waals surface area contributed by atoms with Crippen molar-refractivity contribution < 1.29 is 14.3 Å². The molecule has 1 aliphatic rings. The van der Waals surface area contributed by atoms with E-state index < -0.39 is 5.60 Å². The van der Waals surface area contributed by atoms with Gasteiger partial charge in [0.15, 0.2) is 0 Å². The van der Waals surface area contributed by atoms with E-state index in [1.165, 1.54) is 12.1 Å². The molecule has 0 spiro atoms. The number of carbonyl (C=O) groups is 1. The molecule has 4 nitrogen and oxygen atoms in total. The van der Waals surface area contributed by atoms with E-state index in [4.69, 9.17) is 0 Å². The molecule has 1 N–H and O–H groups in total. The highest BCUT2D eigenvalue weighted by atomic mass is 19.1. The summed E-state index contributed by atoms with van der Waals surface area (Å²) in [6.45, 7) is 2.81. The molecule has 5 atom stereocenters. The minimum Gasteiger partial charge on any atom is -0.385 e. The number of nitrogens with zero attached hydrogens (tertiary/aromatic N) is 2. The van der Waals surface area contributed by atoms with E-state index in [2.05, 4.69) is 11.0 Å². The summed E-state index contributed by atoms with van der Waals surface area (Å²) >= 11 is 0. The van der Waals surface area contributed by atoms with Crippen molar-refractivity contribution >= 4 is 6.29 Å².